The normalized spacial score (nSPS) is 16.8. The van der Waals surface area contributed by atoms with E-state index in [1.54, 1.807) is 43.3 Å². The fourth-order valence-corrected chi connectivity index (χ4v) is 4.42. The van der Waals surface area contributed by atoms with Gasteiger partial charge in [0.05, 0.1) is 35.9 Å². The molecule has 8 heteroatoms. The van der Waals surface area contributed by atoms with Crippen molar-refractivity contribution in [2.75, 3.05) is 18.6 Å². The minimum Gasteiger partial charge on any atom is -0.507 e. The predicted molar refractivity (Wildman–Crippen MR) is 136 cm³/mol. The zero-order valence-corrected chi connectivity index (χ0v) is 20.7. The number of esters is 1. The van der Waals surface area contributed by atoms with Gasteiger partial charge in [-0.3, -0.25) is 14.5 Å². The van der Waals surface area contributed by atoms with Crippen LogP contribution in [0.5, 0.6) is 5.75 Å². The number of ether oxygens (including phenoxy) is 2. The second-order valence-corrected chi connectivity index (χ2v) is 8.55. The van der Waals surface area contributed by atoms with E-state index in [1.807, 2.05) is 19.1 Å². The van der Waals surface area contributed by atoms with Crippen LogP contribution >= 0.6 is 11.6 Å². The average molecular weight is 506 g/mol. The van der Waals surface area contributed by atoms with E-state index in [0.717, 1.165) is 5.56 Å². The molecule has 1 amide bonds. The molecule has 0 saturated carbocycles. The Morgan fingerprint density at radius 2 is 1.75 bits per heavy atom. The van der Waals surface area contributed by atoms with Crippen LogP contribution in [0.2, 0.25) is 5.02 Å². The lowest BCUT2D eigenvalue weighted by molar-refractivity contribution is -0.132. The summed E-state index contributed by atoms with van der Waals surface area (Å²) >= 11 is 6.36. The summed E-state index contributed by atoms with van der Waals surface area (Å²) in [7, 11) is 1.47. The van der Waals surface area contributed by atoms with Crippen molar-refractivity contribution < 1.29 is 29.0 Å². The fourth-order valence-electron chi connectivity index (χ4n) is 4.22. The number of aliphatic hydroxyl groups is 1. The van der Waals surface area contributed by atoms with Crippen LogP contribution < -0.4 is 9.64 Å². The van der Waals surface area contributed by atoms with Gasteiger partial charge in [0.1, 0.15) is 11.5 Å². The minimum atomic E-state index is -0.929. The largest absolute Gasteiger partial charge is 0.507 e. The zero-order valence-electron chi connectivity index (χ0n) is 19.9. The highest BCUT2D eigenvalue weighted by atomic mass is 35.5. The molecule has 36 heavy (non-hydrogen) atoms. The van der Waals surface area contributed by atoms with Gasteiger partial charge in [0.15, 0.2) is 0 Å². The van der Waals surface area contributed by atoms with Gasteiger partial charge >= 0.3 is 5.97 Å². The maximum absolute atomic E-state index is 13.4. The molecule has 3 aromatic rings. The van der Waals surface area contributed by atoms with Crippen molar-refractivity contribution in [3.8, 4) is 5.75 Å². The molecule has 1 heterocycles. The Morgan fingerprint density at radius 1 is 1.06 bits per heavy atom. The number of aryl methyl sites for hydroxylation is 1. The zero-order chi connectivity index (χ0) is 26.0. The number of carbonyl (C=O) groups excluding carboxylic acids is 3. The highest BCUT2D eigenvalue weighted by molar-refractivity contribution is 6.52. The number of hydrogen-bond donors (Lipinski definition) is 1. The maximum atomic E-state index is 13.4. The number of halogens is 1. The molecular formula is C28H24ClNO6. The molecule has 7 nitrogen and oxygen atoms in total. The summed E-state index contributed by atoms with van der Waals surface area (Å²) in [5.41, 5.74) is 2.25. The van der Waals surface area contributed by atoms with Crippen molar-refractivity contribution in [2.24, 2.45) is 0 Å². The van der Waals surface area contributed by atoms with Crippen LogP contribution in [0.25, 0.3) is 5.76 Å². The molecule has 0 aromatic heterocycles. The van der Waals surface area contributed by atoms with Gasteiger partial charge in [-0.2, -0.15) is 0 Å². The topological polar surface area (TPSA) is 93.1 Å². The van der Waals surface area contributed by atoms with Gasteiger partial charge in [-0.15, -0.1) is 0 Å². The number of benzene rings is 3. The summed E-state index contributed by atoms with van der Waals surface area (Å²) < 4.78 is 10.3. The number of nitrogens with zero attached hydrogens (tertiary/aromatic N) is 1. The van der Waals surface area contributed by atoms with E-state index in [9.17, 15) is 19.5 Å². The first kappa shape index (κ1) is 25.0. The summed E-state index contributed by atoms with van der Waals surface area (Å²) in [6.45, 7) is 3.80. The number of aliphatic hydroxyl groups excluding tert-OH is 1. The fraction of sp³-hybridized carbons (Fsp3) is 0.179. The Hall–Kier alpha value is -4.10. The van der Waals surface area contributed by atoms with Crippen molar-refractivity contribution in [2.45, 2.75) is 19.9 Å². The Balaban J connectivity index is 1.91. The van der Waals surface area contributed by atoms with Crippen LogP contribution in [0.4, 0.5) is 5.69 Å². The van der Waals surface area contributed by atoms with Gasteiger partial charge in [0.2, 0.25) is 0 Å². The van der Waals surface area contributed by atoms with Crippen molar-refractivity contribution >= 4 is 40.7 Å². The predicted octanol–water partition coefficient (Wildman–Crippen LogP) is 5.46. The van der Waals surface area contributed by atoms with E-state index >= 15 is 0 Å². The first-order valence-corrected chi connectivity index (χ1v) is 11.6. The lowest BCUT2D eigenvalue weighted by Crippen LogP contribution is -2.29. The van der Waals surface area contributed by atoms with Gasteiger partial charge in [-0.25, -0.2) is 4.79 Å². The number of Topliss-reactive ketones (excluding diaryl/α,β-unsaturated/α-hetero) is 1. The van der Waals surface area contributed by atoms with E-state index in [1.165, 1.54) is 30.2 Å². The SMILES string of the molecule is CCOC(=O)c1ccc(N2C(=O)C(=O)/C(=C(/O)c3cc(OC)ccc3Cl)C2c2ccccc2C)cc1. The average Bonchev–Trinajstić information content (AvgIpc) is 3.14. The lowest BCUT2D eigenvalue weighted by atomic mass is 9.92. The molecule has 0 aliphatic carbocycles. The maximum Gasteiger partial charge on any atom is 0.338 e. The first-order chi connectivity index (χ1) is 17.3. The Kier molecular flexibility index (Phi) is 7.12. The summed E-state index contributed by atoms with van der Waals surface area (Å²) in [6.07, 6.45) is 0. The molecule has 1 aliphatic rings. The summed E-state index contributed by atoms with van der Waals surface area (Å²) in [6, 6.07) is 17.2. The van der Waals surface area contributed by atoms with Crippen LogP contribution in [0, 0.1) is 6.92 Å². The van der Waals surface area contributed by atoms with Crippen LogP contribution in [0.3, 0.4) is 0 Å². The number of ketones is 1. The third-order valence-electron chi connectivity index (χ3n) is 6.01. The molecule has 1 aliphatic heterocycles. The van der Waals surface area contributed by atoms with Crippen LogP contribution in [-0.4, -0.2) is 36.5 Å². The quantitative estimate of drug-likeness (QED) is 0.207. The van der Waals surface area contributed by atoms with Gasteiger partial charge in [0, 0.05) is 11.3 Å². The van der Waals surface area contributed by atoms with E-state index in [0.29, 0.717) is 22.6 Å². The van der Waals surface area contributed by atoms with Gasteiger partial charge in [0.25, 0.3) is 11.7 Å². The molecule has 0 spiro atoms. The summed E-state index contributed by atoms with van der Waals surface area (Å²) in [5.74, 6) is -2.13. The number of hydrogen-bond acceptors (Lipinski definition) is 6. The molecule has 3 aromatic carbocycles. The number of methoxy groups -OCH3 is 1. The van der Waals surface area contributed by atoms with Crippen molar-refractivity contribution in [1.29, 1.82) is 0 Å². The minimum absolute atomic E-state index is 0.0982. The van der Waals surface area contributed by atoms with Crippen molar-refractivity contribution in [3.63, 3.8) is 0 Å². The smallest absolute Gasteiger partial charge is 0.338 e. The number of carbonyl (C=O) groups is 3. The Labute approximate surface area is 213 Å². The molecule has 184 valence electrons. The van der Waals surface area contributed by atoms with E-state index in [4.69, 9.17) is 21.1 Å². The molecule has 0 radical (unpaired) electrons. The summed E-state index contributed by atoms with van der Waals surface area (Å²) in [4.78, 5) is 40.1. The van der Waals surface area contributed by atoms with E-state index < -0.39 is 29.5 Å². The number of anilines is 1. The molecule has 1 N–H and O–H groups in total. The van der Waals surface area contributed by atoms with Gasteiger partial charge < -0.3 is 14.6 Å². The molecule has 4 rings (SSSR count). The molecule has 1 unspecified atom stereocenters. The third kappa shape index (κ3) is 4.45. The highest BCUT2D eigenvalue weighted by Crippen LogP contribution is 2.44. The standard InChI is InChI=1S/C28H24ClNO6/c1-4-36-28(34)17-9-11-18(12-10-17)30-24(20-8-6-5-7-16(20)2)23(26(32)27(30)33)25(31)21-15-19(35-3)13-14-22(21)29/h5-15,24,31H,4H2,1-3H3/b25-23+. The second-order valence-electron chi connectivity index (χ2n) is 8.14. The van der Waals surface area contributed by atoms with Crippen molar-refractivity contribution in [3.05, 3.63) is 99.6 Å². The van der Waals surface area contributed by atoms with Gasteiger partial charge in [-0.05, 0) is 67.4 Å². The van der Waals surface area contributed by atoms with E-state index in [2.05, 4.69) is 0 Å². The Morgan fingerprint density at radius 3 is 2.39 bits per heavy atom. The van der Waals surface area contributed by atoms with Gasteiger partial charge in [-0.1, -0.05) is 35.9 Å². The van der Waals surface area contributed by atoms with Crippen LogP contribution in [0.15, 0.2) is 72.3 Å². The number of rotatable bonds is 6. The molecule has 1 fully saturated rings. The Bertz CT molecular complexity index is 1380. The first-order valence-electron chi connectivity index (χ1n) is 11.3. The monoisotopic (exact) mass is 505 g/mol. The highest BCUT2D eigenvalue weighted by Gasteiger charge is 2.47. The summed E-state index contributed by atoms with van der Waals surface area (Å²) in [5, 5.41) is 11.5. The second kappa shape index (κ2) is 10.3. The lowest BCUT2D eigenvalue weighted by Gasteiger charge is -2.27. The molecule has 0 bridgehead atoms. The van der Waals surface area contributed by atoms with E-state index in [-0.39, 0.29) is 22.8 Å². The van der Waals surface area contributed by atoms with Crippen LogP contribution in [0.1, 0.15) is 40.0 Å². The molecular weight excluding hydrogens is 482 g/mol. The molecule has 1 atom stereocenters. The molecule has 1 saturated heterocycles. The third-order valence-corrected chi connectivity index (χ3v) is 6.34. The number of amides is 1. The van der Waals surface area contributed by atoms with Crippen LogP contribution in [-0.2, 0) is 14.3 Å². The van der Waals surface area contributed by atoms with Crippen molar-refractivity contribution in [1.82, 2.24) is 0 Å².